The Hall–Kier alpha value is -2.04. The number of hydrogen-bond donors (Lipinski definition) is 1. The van der Waals surface area contributed by atoms with E-state index in [9.17, 15) is 14.4 Å². The van der Waals surface area contributed by atoms with Gasteiger partial charge in [0.25, 0.3) is 0 Å². The summed E-state index contributed by atoms with van der Waals surface area (Å²) < 4.78 is 0. The number of carboxylic acid groups (broad SMARTS) is 1. The molecule has 0 saturated carbocycles. The van der Waals surface area contributed by atoms with E-state index in [0.29, 0.717) is 12.6 Å². The van der Waals surface area contributed by atoms with Crippen molar-refractivity contribution < 1.29 is 19.5 Å². The molecule has 5 heteroatoms. The number of aldehydes is 2. The molecule has 0 bridgehead atoms. The second kappa shape index (κ2) is 3.57. The third-order valence-corrected chi connectivity index (χ3v) is 1.35. The number of pyridine rings is 1. The molecule has 0 spiro atoms. The Kier molecular flexibility index (Phi) is 2.49. The van der Waals surface area contributed by atoms with E-state index in [2.05, 4.69) is 4.98 Å². The van der Waals surface area contributed by atoms with Crippen LogP contribution in [-0.2, 0) is 0 Å². The van der Waals surface area contributed by atoms with Crippen LogP contribution in [0.2, 0.25) is 0 Å². The number of rotatable bonds is 3. The lowest BCUT2D eigenvalue weighted by Gasteiger charge is -1.96. The number of aromatic nitrogens is 1. The van der Waals surface area contributed by atoms with E-state index in [1.807, 2.05) is 0 Å². The highest BCUT2D eigenvalue weighted by Gasteiger charge is 2.06. The van der Waals surface area contributed by atoms with Gasteiger partial charge in [0.1, 0.15) is 11.4 Å². The third-order valence-electron chi connectivity index (χ3n) is 1.35. The minimum atomic E-state index is -1.20. The van der Waals surface area contributed by atoms with Gasteiger partial charge in [-0.15, -0.1) is 0 Å². The Morgan fingerprint density at radius 3 is 2.00 bits per heavy atom. The molecule has 0 atom stereocenters. The van der Waals surface area contributed by atoms with Crippen molar-refractivity contribution in [2.45, 2.75) is 0 Å². The summed E-state index contributed by atoms with van der Waals surface area (Å²) in [6.45, 7) is 0. The molecule has 1 aromatic rings. The molecule has 1 heterocycles. The summed E-state index contributed by atoms with van der Waals surface area (Å²) in [5.74, 6) is -1.20. The van der Waals surface area contributed by atoms with E-state index in [4.69, 9.17) is 5.11 Å². The lowest BCUT2D eigenvalue weighted by atomic mass is 10.2. The van der Waals surface area contributed by atoms with E-state index in [1.165, 1.54) is 0 Å². The average Bonchev–Trinajstić information content (AvgIpc) is 2.16. The summed E-state index contributed by atoms with van der Waals surface area (Å²) in [7, 11) is 0. The van der Waals surface area contributed by atoms with Gasteiger partial charge in [-0.1, -0.05) is 0 Å². The fourth-order valence-corrected chi connectivity index (χ4v) is 0.818. The third kappa shape index (κ3) is 1.96. The zero-order chi connectivity index (χ0) is 9.84. The quantitative estimate of drug-likeness (QED) is 0.679. The predicted octanol–water partition coefficient (Wildman–Crippen LogP) is 0.405. The summed E-state index contributed by atoms with van der Waals surface area (Å²) >= 11 is 0. The Labute approximate surface area is 73.0 Å². The molecule has 0 aliphatic carbocycles. The van der Waals surface area contributed by atoms with Crippen molar-refractivity contribution in [2.75, 3.05) is 0 Å². The van der Waals surface area contributed by atoms with Crippen LogP contribution in [0.15, 0.2) is 12.1 Å². The van der Waals surface area contributed by atoms with Crippen LogP contribution in [-0.4, -0.2) is 28.6 Å². The van der Waals surface area contributed by atoms with E-state index < -0.39 is 5.97 Å². The molecule has 0 aromatic carbocycles. The number of carbonyl (C=O) groups is 3. The molecule has 1 N–H and O–H groups in total. The van der Waals surface area contributed by atoms with Crippen LogP contribution in [0.5, 0.6) is 0 Å². The van der Waals surface area contributed by atoms with E-state index in [-0.39, 0.29) is 17.0 Å². The maximum Gasteiger partial charge on any atom is 0.335 e. The number of aromatic carboxylic acids is 1. The minimum Gasteiger partial charge on any atom is -0.478 e. The minimum absolute atomic E-state index is 0.0676. The zero-order valence-electron chi connectivity index (χ0n) is 6.43. The van der Waals surface area contributed by atoms with Gasteiger partial charge < -0.3 is 5.11 Å². The first-order valence-electron chi connectivity index (χ1n) is 3.33. The monoisotopic (exact) mass is 179 g/mol. The number of hydrogen-bond acceptors (Lipinski definition) is 4. The van der Waals surface area contributed by atoms with Crippen LogP contribution in [0.1, 0.15) is 31.3 Å². The van der Waals surface area contributed by atoms with Crippen molar-refractivity contribution in [1.29, 1.82) is 0 Å². The molecule has 0 aliphatic heterocycles. The number of nitrogens with zero attached hydrogens (tertiary/aromatic N) is 1. The van der Waals surface area contributed by atoms with Gasteiger partial charge in [-0.2, -0.15) is 0 Å². The van der Waals surface area contributed by atoms with Gasteiger partial charge in [0.05, 0.1) is 5.56 Å². The second-order valence-electron chi connectivity index (χ2n) is 2.25. The molecule has 1 rings (SSSR count). The summed E-state index contributed by atoms with van der Waals surface area (Å²) in [5, 5.41) is 8.57. The second-order valence-corrected chi connectivity index (χ2v) is 2.25. The van der Waals surface area contributed by atoms with Crippen LogP contribution >= 0.6 is 0 Å². The average molecular weight is 179 g/mol. The molecule has 0 saturated heterocycles. The van der Waals surface area contributed by atoms with Crippen molar-refractivity contribution in [2.24, 2.45) is 0 Å². The molecule has 13 heavy (non-hydrogen) atoms. The van der Waals surface area contributed by atoms with Crippen LogP contribution in [0, 0.1) is 0 Å². The summed E-state index contributed by atoms with van der Waals surface area (Å²) in [5.41, 5.74) is -0.261. The first-order chi connectivity index (χ1) is 6.17. The highest BCUT2D eigenvalue weighted by atomic mass is 16.4. The number of carboxylic acids is 1. The highest BCUT2D eigenvalue weighted by Crippen LogP contribution is 2.03. The van der Waals surface area contributed by atoms with Crippen molar-refractivity contribution in [1.82, 2.24) is 4.98 Å². The fourth-order valence-electron chi connectivity index (χ4n) is 0.818. The summed E-state index contributed by atoms with van der Waals surface area (Å²) in [6, 6.07) is 2.20. The molecule has 0 fully saturated rings. The molecule has 0 aliphatic rings. The van der Waals surface area contributed by atoms with Crippen molar-refractivity contribution in [3.05, 3.63) is 29.1 Å². The van der Waals surface area contributed by atoms with Crippen LogP contribution < -0.4 is 0 Å². The van der Waals surface area contributed by atoms with E-state index in [1.54, 1.807) is 0 Å². The normalized spacial score (nSPS) is 9.23. The lowest BCUT2D eigenvalue weighted by Crippen LogP contribution is -2.02. The van der Waals surface area contributed by atoms with Crippen LogP contribution in [0.25, 0.3) is 0 Å². The van der Waals surface area contributed by atoms with Gasteiger partial charge in [-0.25, -0.2) is 9.78 Å². The maximum absolute atomic E-state index is 10.5. The standard InChI is InChI=1S/C8H5NO4/c10-3-6-1-5(8(12)13)2-7(4-11)9-6/h1-4H,(H,12,13). The van der Waals surface area contributed by atoms with Gasteiger partial charge in [0, 0.05) is 0 Å². The largest absolute Gasteiger partial charge is 0.478 e. The molecular weight excluding hydrogens is 174 g/mol. The van der Waals surface area contributed by atoms with Crippen molar-refractivity contribution >= 4 is 18.5 Å². The Morgan fingerprint density at radius 1 is 1.23 bits per heavy atom. The molecule has 0 amide bonds. The van der Waals surface area contributed by atoms with E-state index >= 15 is 0 Å². The molecule has 1 aromatic heterocycles. The van der Waals surface area contributed by atoms with Gasteiger partial charge in [-0.3, -0.25) is 9.59 Å². The SMILES string of the molecule is O=Cc1cc(C(=O)O)cc(C=O)n1. The topological polar surface area (TPSA) is 84.3 Å². The van der Waals surface area contributed by atoms with Gasteiger partial charge in [0.15, 0.2) is 12.6 Å². The van der Waals surface area contributed by atoms with Crippen molar-refractivity contribution in [3.8, 4) is 0 Å². The number of carbonyl (C=O) groups excluding carboxylic acids is 2. The van der Waals surface area contributed by atoms with Crippen molar-refractivity contribution in [3.63, 3.8) is 0 Å². The Morgan fingerprint density at radius 2 is 1.69 bits per heavy atom. The molecule has 0 unspecified atom stereocenters. The first kappa shape index (κ1) is 9.05. The zero-order valence-corrected chi connectivity index (χ0v) is 6.43. The highest BCUT2D eigenvalue weighted by molar-refractivity contribution is 5.91. The Bertz CT molecular complexity index is 346. The maximum atomic E-state index is 10.5. The molecule has 0 radical (unpaired) electrons. The van der Waals surface area contributed by atoms with Gasteiger partial charge >= 0.3 is 5.97 Å². The van der Waals surface area contributed by atoms with Gasteiger partial charge in [0.2, 0.25) is 0 Å². The van der Waals surface area contributed by atoms with Crippen LogP contribution in [0.3, 0.4) is 0 Å². The fraction of sp³-hybridized carbons (Fsp3) is 0. The summed E-state index contributed by atoms with van der Waals surface area (Å²) in [6.07, 6.45) is 0.777. The predicted molar refractivity (Wildman–Crippen MR) is 42.0 cm³/mol. The lowest BCUT2D eigenvalue weighted by molar-refractivity contribution is 0.0696. The van der Waals surface area contributed by atoms with Gasteiger partial charge in [-0.05, 0) is 12.1 Å². The summed E-state index contributed by atoms with van der Waals surface area (Å²) in [4.78, 5) is 34.6. The smallest absolute Gasteiger partial charge is 0.335 e. The molecule has 66 valence electrons. The Balaban J connectivity index is 3.30. The first-order valence-corrected chi connectivity index (χ1v) is 3.33. The molecular formula is C8H5NO4. The van der Waals surface area contributed by atoms with Crippen LogP contribution in [0.4, 0.5) is 0 Å². The molecule has 5 nitrogen and oxygen atoms in total. The van der Waals surface area contributed by atoms with E-state index in [0.717, 1.165) is 12.1 Å².